The Hall–Kier alpha value is -1.88. The molecule has 0 amide bonds. The van der Waals surface area contributed by atoms with Gasteiger partial charge in [0.25, 0.3) is 0 Å². The van der Waals surface area contributed by atoms with E-state index in [2.05, 4.69) is 19.1 Å². The number of unbranched alkanes of at least 4 members (excludes halogenated alkanes) is 2. The van der Waals surface area contributed by atoms with Crippen molar-refractivity contribution < 1.29 is 19.7 Å². The van der Waals surface area contributed by atoms with Crippen LogP contribution in [0.25, 0.3) is 0 Å². The zero-order chi connectivity index (χ0) is 24.5. The molecule has 0 bridgehead atoms. The van der Waals surface area contributed by atoms with Crippen LogP contribution >= 0.6 is 11.6 Å². The highest BCUT2D eigenvalue weighted by Crippen LogP contribution is 2.45. The first kappa shape index (κ1) is 26.7. The largest absolute Gasteiger partial charge is 0.462 e. The van der Waals surface area contributed by atoms with E-state index in [4.69, 9.17) is 16.3 Å². The van der Waals surface area contributed by atoms with E-state index in [0.717, 1.165) is 61.6 Å². The van der Waals surface area contributed by atoms with Gasteiger partial charge in [0.15, 0.2) is 0 Å². The molecular weight excluding hydrogens is 448 g/mol. The van der Waals surface area contributed by atoms with Crippen LogP contribution in [0.1, 0.15) is 97.9 Å². The van der Waals surface area contributed by atoms with Gasteiger partial charge in [0.1, 0.15) is 0 Å². The van der Waals surface area contributed by atoms with Crippen LogP contribution in [0.5, 0.6) is 0 Å². The number of ether oxygens (including phenoxy) is 1. The first-order valence-corrected chi connectivity index (χ1v) is 13.2. The molecular formula is C29H39ClO4. The first-order chi connectivity index (χ1) is 16.4. The molecule has 5 heteroatoms. The Bertz CT molecular complexity index is 897. The molecule has 2 N–H and O–H groups in total. The first-order valence-electron chi connectivity index (χ1n) is 12.8. The number of benzene rings is 2. The normalized spacial score (nSPS) is 23.1. The van der Waals surface area contributed by atoms with E-state index in [1.165, 1.54) is 0 Å². The summed E-state index contributed by atoms with van der Waals surface area (Å²) in [6, 6.07) is 15.7. The molecule has 0 saturated heterocycles. The summed E-state index contributed by atoms with van der Waals surface area (Å²) in [5.41, 5.74) is 3.72. The predicted octanol–water partition coefficient (Wildman–Crippen LogP) is 6.57. The molecule has 0 radical (unpaired) electrons. The molecule has 0 aromatic heterocycles. The van der Waals surface area contributed by atoms with Crippen LogP contribution in [0.3, 0.4) is 0 Å². The monoisotopic (exact) mass is 486 g/mol. The van der Waals surface area contributed by atoms with Crippen molar-refractivity contribution in [1.82, 2.24) is 0 Å². The predicted molar refractivity (Wildman–Crippen MR) is 137 cm³/mol. The second-order valence-corrected chi connectivity index (χ2v) is 10.1. The number of alkyl halides is 1. The van der Waals surface area contributed by atoms with Gasteiger partial charge in [-0.25, -0.2) is 4.79 Å². The molecule has 3 rings (SSSR count). The molecule has 2 aromatic carbocycles. The zero-order valence-corrected chi connectivity index (χ0v) is 21.2. The van der Waals surface area contributed by atoms with E-state index in [1.807, 2.05) is 30.3 Å². The molecule has 1 unspecified atom stereocenters. The average Bonchev–Trinajstić information content (AvgIpc) is 3.12. The van der Waals surface area contributed by atoms with E-state index < -0.39 is 12.2 Å². The summed E-state index contributed by atoms with van der Waals surface area (Å²) in [6.07, 6.45) is 6.46. The van der Waals surface area contributed by atoms with Gasteiger partial charge in [-0.15, -0.1) is 11.6 Å². The van der Waals surface area contributed by atoms with E-state index >= 15 is 0 Å². The fraction of sp³-hybridized carbons (Fsp3) is 0.552. The van der Waals surface area contributed by atoms with Crippen LogP contribution in [0.2, 0.25) is 0 Å². The lowest BCUT2D eigenvalue weighted by molar-refractivity contribution is 0.0526. The molecule has 0 heterocycles. The zero-order valence-electron chi connectivity index (χ0n) is 20.5. The molecule has 34 heavy (non-hydrogen) atoms. The number of carbonyl (C=O) groups is 1. The minimum absolute atomic E-state index is 0.000324. The highest BCUT2D eigenvalue weighted by atomic mass is 35.5. The van der Waals surface area contributed by atoms with Crippen LogP contribution in [-0.4, -0.2) is 34.3 Å². The van der Waals surface area contributed by atoms with Gasteiger partial charge in [-0.05, 0) is 73.8 Å². The van der Waals surface area contributed by atoms with Gasteiger partial charge in [0.05, 0.1) is 24.4 Å². The van der Waals surface area contributed by atoms with E-state index in [9.17, 15) is 15.0 Å². The quantitative estimate of drug-likeness (QED) is 0.202. The lowest BCUT2D eigenvalue weighted by Crippen LogP contribution is -2.19. The van der Waals surface area contributed by atoms with Gasteiger partial charge in [-0.3, -0.25) is 0 Å². The summed E-state index contributed by atoms with van der Waals surface area (Å²) in [4.78, 5) is 12.0. The lowest BCUT2D eigenvalue weighted by atomic mass is 9.83. The number of esters is 1. The minimum Gasteiger partial charge on any atom is -0.462 e. The molecule has 4 nitrogen and oxygen atoms in total. The highest BCUT2D eigenvalue weighted by molar-refractivity contribution is 6.21. The van der Waals surface area contributed by atoms with Crippen molar-refractivity contribution in [3.63, 3.8) is 0 Å². The number of hydrogen-bond acceptors (Lipinski definition) is 4. The third kappa shape index (κ3) is 7.07. The molecule has 0 aliphatic heterocycles. The van der Waals surface area contributed by atoms with Gasteiger partial charge < -0.3 is 14.9 Å². The van der Waals surface area contributed by atoms with Crippen LogP contribution in [-0.2, 0) is 11.2 Å². The number of aryl methyl sites for hydroxylation is 1. The fourth-order valence-corrected chi connectivity index (χ4v) is 5.66. The van der Waals surface area contributed by atoms with Gasteiger partial charge >= 0.3 is 5.97 Å². The fourth-order valence-electron chi connectivity index (χ4n) is 5.20. The lowest BCUT2D eigenvalue weighted by Gasteiger charge is -2.24. The van der Waals surface area contributed by atoms with Crippen molar-refractivity contribution in [2.24, 2.45) is 5.92 Å². The van der Waals surface area contributed by atoms with Gasteiger partial charge in [0, 0.05) is 11.3 Å². The maximum absolute atomic E-state index is 12.0. The van der Waals surface area contributed by atoms with Crippen molar-refractivity contribution in [2.75, 3.05) is 6.61 Å². The van der Waals surface area contributed by atoms with Crippen LogP contribution < -0.4 is 0 Å². The standard InChI is InChI=1S/C29H39ClO4/c1-3-5-6-13-26(31)21-14-16-22(17-15-21)28-24(25(30)19-27(28)32)12-8-10-20-9-7-11-23(18-20)29(33)34-4-2/h7,9,11,14-18,24-28,31-32H,3-6,8,10,12-13,19H2,1-2H3/t24-,25-,26?,27+,28+/m0/s1. The molecule has 1 aliphatic rings. The number of halogens is 1. The second-order valence-electron chi connectivity index (χ2n) is 9.50. The third-order valence-electron chi connectivity index (χ3n) is 7.04. The Morgan fingerprint density at radius 3 is 2.59 bits per heavy atom. The van der Waals surface area contributed by atoms with E-state index in [-0.39, 0.29) is 23.2 Å². The molecule has 1 fully saturated rings. The Morgan fingerprint density at radius 1 is 1.12 bits per heavy atom. The van der Waals surface area contributed by atoms with E-state index in [1.54, 1.807) is 13.0 Å². The molecule has 5 atom stereocenters. The van der Waals surface area contributed by atoms with Crippen molar-refractivity contribution >= 4 is 17.6 Å². The summed E-state index contributed by atoms with van der Waals surface area (Å²) in [6.45, 7) is 4.33. The van der Waals surface area contributed by atoms with Crippen LogP contribution in [0.15, 0.2) is 48.5 Å². The van der Waals surface area contributed by atoms with E-state index in [0.29, 0.717) is 18.6 Å². The SMILES string of the molecule is CCCCCC(O)c1ccc([C@@H]2[C@@H](CCCc3cccc(C(=O)OCC)c3)[C@@H](Cl)C[C@H]2O)cc1. The van der Waals surface area contributed by atoms with Gasteiger partial charge in [-0.1, -0.05) is 62.6 Å². The Morgan fingerprint density at radius 2 is 1.88 bits per heavy atom. The summed E-state index contributed by atoms with van der Waals surface area (Å²) in [5.74, 6) is -0.104. The number of aliphatic hydroxyl groups is 2. The summed E-state index contributed by atoms with van der Waals surface area (Å²) < 4.78 is 5.11. The summed E-state index contributed by atoms with van der Waals surface area (Å²) in [7, 11) is 0. The molecule has 1 saturated carbocycles. The minimum atomic E-state index is -0.458. The van der Waals surface area contributed by atoms with Crippen molar-refractivity contribution in [2.45, 2.75) is 88.7 Å². The number of rotatable bonds is 12. The third-order valence-corrected chi connectivity index (χ3v) is 7.54. The van der Waals surface area contributed by atoms with Gasteiger partial charge in [0.2, 0.25) is 0 Å². The smallest absolute Gasteiger partial charge is 0.338 e. The van der Waals surface area contributed by atoms with Crippen molar-refractivity contribution in [1.29, 1.82) is 0 Å². The molecule has 2 aromatic rings. The maximum Gasteiger partial charge on any atom is 0.338 e. The Labute approximate surface area is 209 Å². The van der Waals surface area contributed by atoms with Gasteiger partial charge in [-0.2, -0.15) is 0 Å². The van der Waals surface area contributed by atoms with Crippen molar-refractivity contribution in [3.8, 4) is 0 Å². The van der Waals surface area contributed by atoms with Crippen LogP contribution in [0, 0.1) is 5.92 Å². The second kappa shape index (κ2) is 13.3. The average molecular weight is 487 g/mol. The Balaban J connectivity index is 1.61. The molecule has 1 aliphatic carbocycles. The molecule has 0 spiro atoms. The summed E-state index contributed by atoms with van der Waals surface area (Å²) in [5, 5.41) is 21.2. The van der Waals surface area contributed by atoms with Crippen LogP contribution in [0.4, 0.5) is 0 Å². The highest BCUT2D eigenvalue weighted by Gasteiger charge is 2.41. The Kier molecular flexibility index (Phi) is 10.4. The maximum atomic E-state index is 12.0. The topological polar surface area (TPSA) is 66.8 Å². The number of hydrogen-bond donors (Lipinski definition) is 2. The number of aliphatic hydroxyl groups excluding tert-OH is 2. The summed E-state index contributed by atoms with van der Waals surface area (Å²) >= 11 is 6.69. The molecule has 186 valence electrons. The number of carbonyl (C=O) groups excluding carboxylic acids is 1. The van der Waals surface area contributed by atoms with Crippen molar-refractivity contribution in [3.05, 3.63) is 70.8 Å².